The molecule has 6 nitrogen and oxygen atoms in total. The molecule has 8 heteroatoms. The Kier molecular flexibility index (Phi) is 4.57. The minimum absolute atomic E-state index is 0.0119. The van der Waals surface area contributed by atoms with Crippen LogP contribution in [0.25, 0.3) is 21.1 Å². The van der Waals surface area contributed by atoms with E-state index in [4.69, 9.17) is 11.6 Å². The normalized spacial score (nSPS) is 12.8. The van der Waals surface area contributed by atoms with Crippen LogP contribution in [-0.2, 0) is 0 Å². The molecular formula is C19H18ClN5OS. The molecule has 0 saturated heterocycles. The molecule has 1 atom stereocenters. The van der Waals surface area contributed by atoms with Gasteiger partial charge in [-0.2, -0.15) is 0 Å². The first kappa shape index (κ1) is 17.9. The zero-order valence-electron chi connectivity index (χ0n) is 15.1. The zero-order chi connectivity index (χ0) is 19.1. The highest BCUT2D eigenvalue weighted by molar-refractivity contribution is 7.16. The molecule has 0 fully saturated rings. The molecule has 0 radical (unpaired) electrons. The molecule has 3 aromatic heterocycles. The SMILES string of the molecule is CC(C)n1c([C@H](C)Nc2ncnc3scnc23)cc2cccc(Cl)c2c1=O. The molecular weight excluding hydrogens is 382 g/mol. The molecule has 4 rings (SSSR count). The van der Waals surface area contributed by atoms with Gasteiger partial charge in [0.25, 0.3) is 5.56 Å². The van der Waals surface area contributed by atoms with E-state index in [-0.39, 0.29) is 17.6 Å². The Balaban J connectivity index is 1.86. The maximum absolute atomic E-state index is 13.2. The quantitative estimate of drug-likeness (QED) is 0.533. The van der Waals surface area contributed by atoms with E-state index in [0.717, 1.165) is 21.4 Å². The number of benzene rings is 1. The van der Waals surface area contributed by atoms with Crippen LogP contribution >= 0.6 is 22.9 Å². The first-order valence-corrected chi connectivity index (χ1v) is 9.87. The maximum atomic E-state index is 13.2. The van der Waals surface area contributed by atoms with E-state index in [1.54, 1.807) is 16.1 Å². The van der Waals surface area contributed by atoms with E-state index in [1.165, 1.54) is 17.7 Å². The van der Waals surface area contributed by atoms with E-state index in [1.807, 2.05) is 39.0 Å². The highest BCUT2D eigenvalue weighted by atomic mass is 35.5. The van der Waals surface area contributed by atoms with Gasteiger partial charge in [-0.05, 0) is 38.3 Å². The standard InChI is InChI=1S/C19H18ClN5OS/c1-10(2)25-14(7-12-5-4-6-13(20)15(12)19(25)26)11(3)24-17-16-18(22-8-21-17)27-9-23-16/h4-11H,1-3H3,(H,21,22,24)/t11-/m0/s1. The third-order valence-electron chi connectivity index (χ3n) is 4.51. The van der Waals surface area contributed by atoms with Crippen molar-refractivity contribution in [2.75, 3.05) is 5.32 Å². The first-order valence-electron chi connectivity index (χ1n) is 8.61. The molecule has 1 aromatic carbocycles. The molecule has 1 N–H and O–H groups in total. The number of nitrogens with zero attached hydrogens (tertiary/aromatic N) is 4. The monoisotopic (exact) mass is 399 g/mol. The Labute approximate surface area is 164 Å². The van der Waals surface area contributed by atoms with Crippen molar-refractivity contribution in [1.82, 2.24) is 19.5 Å². The Morgan fingerprint density at radius 1 is 1.19 bits per heavy atom. The summed E-state index contributed by atoms with van der Waals surface area (Å²) in [5.74, 6) is 0.655. The van der Waals surface area contributed by atoms with Crippen molar-refractivity contribution in [1.29, 1.82) is 0 Å². The zero-order valence-corrected chi connectivity index (χ0v) is 16.7. The average molecular weight is 400 g/mol. The largest absolute Gasteiger partial charge is 0.360 e. The summed E-state index contributed by atoms with van der Waals surface area (Å²) in [5, 5.41) is 5.24. The van der Waals surface area contributed by atoms with Crippen molar-refractivity contribution < 1.29 is 0 Å². The fourth-order valence-electron chi connectivity index (χ4n) is 3.30. The minimum Gasteiger partial charge on any atom is -0.360 e. The Morgan fingerprint density at radius 2 is 2.00 bits per heavy atom. The van der Waals surface area contributed by atoms with Gasteiger partial charge in [-0.25, -0.2) is 15.0 Å². The lowest BCUT2D eigenvalue weighted by Gasteiger charge is -2.23. The minimum atomic E-state index is -0.164. The summed E-state index contributed by atoms with van der Waals surface area (Å²) >= 11 is 7.77. The van der Waals surface area contributed by atoms with Crippen molar-refractivity contribution in [2.24, 2.45) is 0 Å². The maximum Gasteiger partial charge on any atom is 0.260 e. The summed E-state index contributed by atoms with van der Waals surface area (Å²) in [6, 6.07) is 7.35. The van der Waals surface area contributed by atoms with Crippen LogP contribution in [0, 0.1) is 0 Å². The highest BCUT2D eigenvalue weighted by Gasteiger charge is 2.19. The predicted molar refractivity (Wildman–Crippen MR) is 111 cm³/mol. The molecule has 0 amide bonds. The molecule has 138 valence electrons. The molecule has 0 aliphatic heterocycles. The van der Waals surface area contributed by atoms with Crippen LogP contribution in [0.5, 0.6) is 0 Å². The molecule has 0 spiro atoms. The topological polar surface area (TPSA) is 72.7 Å². The number of anilines is 1. The number of hydrogen-bond acceptors (Lipinski definition) is 6. The number of rotatable bonds is 4. The fourth-order valence-corrected chi connectivity index (χ4v) is 4.19. The molecule has 3 heterocycles. The number of pyridine rings is 1. The molecule has 0 bridgehead atoms. The van der Waals surface area contributed by atoms with E-state index in [9.17, 15) is 4.79 Å². The van der Waals surface area contributed by atoms with Crippen molar-refractivity contribution in [3.05, 3.63) is 57.2 Å². The van der Waals surface area contributed by atoms with Gasteiger partial charge in [0.1, 0.15) is 16.7 Å². The van der Waals surface area contributed by atoms with Crippen molar-refractivity contribution in [2.45, 2.75) is 32.9 Å². The van der Waals surface area contributed by atoms with E-state index >= 15 is 0 Å². The number of fused-ring (bicyclic) bond motifs is 2. The van der Waals surface area contributed by atoms with Gasteiger partial charge in [-0.15, -0.1) is 11.3 Å². The van der Waals surface area contributed by atoms with Crippen molar-refractivity contribution >= 4 is 49.9 Å². The van der Waals surface area contributed by atoms with Gasteiger partial charge < -0.3 is 9.88 Å². The van der Waals surface area contributed by atoms with Crippen LogP contribution in [-0.4, -0.2) is 19.5 Å². The van der Waals surface area contributed by atoms with E-state index in [0.29, 0.717) is 16.2 Å². The summed E-state index contributed by atoms with van der Waals surface area (Å²) in [7, 11) is 0. The number of thiazole rings is 1. The second-order valence-corrected chi connectivity index (χ2v) is 7.88. The van der Waals surface area contributed by atoms with Gasteiger partial charge in [0.05, 0.1) is 22.0 Å². The summed E-state index contributed by atoms with van der Waals surface area (Å²) in [6.45, 7) is 5.98. The van der Waals surface area contributed by atoms with Gasteiger partial charge in [-0.3, -0.25) is 4.79 Å². The summed E-state index contributed by atoms with van der Waals surface area (Å²) in [6.07, 6.45) is 1.52. The average Bonchev–Trinajstić information content (AvgIpc) is 3.10. The summed E-state index contributed by atoms with van der Waals surface area (Å²) in [5.41, 5.74) is 3.26. The third kappa shape index (κ3) is 3.07. The van der Waals surface area contributed by atoms with E-state index in [2.05, 4.69) is 20.3 Å². The van der Waals surface area contributed by atoms with Gasteiger partial charge in [-0.1, -0.05) is 23.7 Å². The fraction of sp³-hybridized carbons (Fsp3) is 0.263. The number of nitrogens with one attached hydrogen (secondary N) is 1. The predicted octanol–water partition coefficient (Wildman–Crippen LogP) is 4.81. The number of aromatic nitrogens is 4. The van der Waals surface area contributed by atoms with Gasteiger partial charge in [0.15, 0.2) is 5.82 Å². The summed E-state index contributed by atoms with van der Waals surface area (Å²) in [4.78, 5) is 26.9. The van der Waals surface area contributed by atoms with Gasteiger partial charge in [0, 0.05) is 11.7 Å². The molecule has 0 aliphatic rings. The first-order chi connectivity index (χ1) is 13.0. The van der Waals surface area contributed by atoms with Crippen LogP contribution in [0.1, 0.15) is 38.5 Å². The Morgan fingerprint density at radius 3 is 2.78 bits per heavy atom. The van der Waals surface area contributed by atoms with Gasteiger partial charge >= 0.3 is 0 Å². The second kappa shape index (κ2) is 6.90. The molecule has 27 heavy (non-hydrogen) atoms. The smallest absolute Gasteiger partial charge is 0.260 e. The van der Waals surface area contributed by atoms with Crippen LogP contribution in [0.4, 0.5) is 5.82 Å². The van der Waals surface area contributed by atoms with Crippen LogP contribution < -0.4 is 10.9 Å². The lowest BCUT2D eigenvalue weighted by molar-refractivity contribution is 0.541. The summed E-state index contributed by atoms with van der Waals surface area (Å²) < 4.78 is 1.78. The lowest BCUT2D eigenvalue weighted by atomic mass is 10.1. The van der Waals surface area contributed by atoms with Crippen LogP contribution in [0.15, 0.2) is 40.9 Å². The van der Waals surface area contributed by atoms with E-state index < -0.39 is 0 Å². The number of halogens is 1. The van der Waals surface area contributed by atoms with Gasteiger partial charge in [0.2, 0.25) is 0 Å². The van der Waals surface area contributed by atoms with Crippen molar-refractivity contribution in [3.8, 4) is 0 Å². The third-order valence-corrected chi connectivity index (χ3v) is 5.56. The molecule has 0 aliphatic carbocycles. The Hall–Kier alpha value is -2.51. The molecule has 4 aromatic rings. The second-order valence-electron chi connectivity index (χ2n) is 6.64. The molecule has 0 unspecified atom stereocenters. The Bertz CT molecular complexity index is 1200. The van der Waals surface area contributed by atoms with Crippen molar-refractivity contribution in [3.63, 3.8) is 0 Å². The molecule has 0 saturated carbocycles. The highest BCUT2D eigenvalue weighted by Crippen LogP contribution is 2.28. The van der Waals surface area contributed by atoms with Crippen LogP contribution in [0.3, 0.4) is 0 Å². The lowest BCUT2D eigenvalue weighted by Crippen LogP contribution is -2.28. The van der Waals surface area contributed by atoms with Crippen LogP contribution in [0.2, 0.25) is 5.02 Å². The number of hydrogen-bond donors (Lipinski definition) is 1.